The number of rotatable bonds is 4. The van der Waals surface area contributed by atoms with Gasteiger partial charge < -0.3 is 5.32 Å². The molecule has 0 bridgehead atoms. The summed E-state index contributed by atoms with van der Waals surface area (Å²) in [4.78, 5) is 4.11. The van der Waals surface area contributed by atoms with Crippen molar-refractivity contribution in [3.8, 4) is 0 Å². The average Bonchev–Trinajstić information content (AvgIpc) is 2.39. The molecule has 0 saturated carbocycles. The Hall–Kier alpha value is -1.26. The van der Waals surface area contributed by atoms with Crippen molar-refractivity contribution in [3.05, 3.63) is 63.6 Å². The minimum atomic E-state index is -0.225. The summed E-state index contributed by atoms with van der Waals surface area (Å²) in [5.74, 6) is -0.225. The van der Waals surface area contributed by atoms with E-state index in [1.54, 1.807) is 6.20 Å². The van der Waals surface area contributed by atoms with E-state index in [0.29, 0.717) is 0 Å². The Kier molecular flexibility index (Phi) is 4.66. The Morgan fingerprint density at radius 3 is 2.79 bits per heavy atom. The Labute approximate surface area is 121 Å². The molecule has 19 heavy (non-hydrogen) atoms. The molecule has 2 rings (SSSR count). The van der Waals surface area contributed by atoms with Crippen molar-refractivity contribution in [3.63, 3.8) is 0 Å². The summed E-state index contributed by atoms with van der Waals surface area (Å²) in [5, 5.41) is 3.31. The first-order valence-electron chi connectivity index (χ1n) is 6.13. The van der Waals surface area contributed by atoms with Gasteiger partial charge in [-0.3, -0.25) is 4.98 Å². The molecule has 1 aromatic heterocycles. The van der Waals surface area contributed by atoms with Gasteiger partial charge in [0.1, 0.15) is 5.82 Å². The zero-order valence-corrected chi connectivity index (χ0v) is 12.5. The SMILES string of the molecule is CNC(Cc1ccc(F)cc1Br)c1ccncc1C. The molecule has 0 aliphatic rings. The molecular formula is C15H16BrFN2. The van der Waals surface area contributed by atoms with Crippen LogP contribution in [-0.2, 0) is 6.42 Å². The van der Waals surface area contributed by atoms with E-state index < -0.39 is 0 Å². The second-order valence-electron chi connectivity index (χ2n) is 4.51. The molecule has 0 radical (unpaired) electrons. The van der Waals surface area contributed by atoms with Crippen molar-refractivity contribution in [2.75, 3.05) is 7.05 Å². The van der Waals surface area contributed by atoms with Crippen LogP contribution in [0.1, 0.15) is 22.7 Å². The summed E-state index contributed by atoms with van der Waals surface area (Å²) < 4.78 is 13.9. The highest BCUT2D eigenvalue weighted by Gasteiger charge is 2.14. The van der Waals surface area contributed by atoms with Crippen LogP contribution in [-0.4, -0.2) is 12.0 Å². The van der Waals surface area contributed by atoms with E-state index in [0.717, 1.165) is 22.0 Å². The first kappa shape index (κ1) is 14.2. The zero-order chi connectivity index (χ0) is 13.8. The van der Waals surface area contributed by atoms with Crippen LogP contribution in [0.5, 0.6) is 0 Å². The highest BCUT2D eigenvalue weighted by molar-refractivity contribution is 9.10. The third-order valence-corrected chi connectivity index (χ3v) is 3.96. The van der Waals surface area contributed by atoms with E-state index in [4.69, 9.17) is 0 Å². The maximum atomic E-state index is 13.1. The van der Waals surface area contributed by atoms with Gasteiger partial charge in [-0.15, -0.1) is 0 Å². The topological polar surface area (TPSA) is 24.9 Å². The number of nitrogens with one attached hydrogen (secondary N) is 1. The third-order valence-electron chi connectivity index (χ3n) is 3.23. The highest BCUT2D eigenvalue weighted by atomic mass is 79.9. The van der Waals surface area contributed by atoms with Gasteiger partial charge in [0.25, 0.3) is 0 Å². The quantitative estimate of drug-likeness (QED) is 0.926. The molecule has 0 spiro atoms. The van der Waals surface area contributed by atoms with Gasteiger partial charge in [-0.1, -0.05) is 22.0 Å². The maximum absolute atomic E-state index is 13.1. The number of benzene rings is 1. The molecule has 2 nitrogen and oxygen atoms in total. The minimum absolute atomic E-state index is 0.185. The maximum Gasteiger partial charge on any atom is 0.124 e. The lowest BCUT2D eigenvalue weighted by Crippen LogP contribution is -2.20. The monoisotopic (exact) mass is 322 g/mol. The predicted octanol–water partition coefficient (Wildman–Crippen LogP) is 3.79. The van der Waals surface area contributed by atoms with E-state index in [1.165, 1.54) is 17.7 Å². The Morgan fingerprint density at radius 2 is 2.16 bits per heavy atom. The van der Waals surface area contributed by atoms with E-state index in [1.807, 2.05) is 32.3 Å². The van der Waals surface area contributed by atoms with Crippen molar-refractivity contribution in [2.24, 2.45) is 0 Å². The summed E-state index contributed by atoms with van der Waals surface area (Å²) in [5.41, 5.74) is 3.45. The molecule has 1 unspecified atom stereocenters. The number of likely N-dealkylation sites (N-methyl/N-ethyl adjacent to an activating group) is 1. The van der Waals surface area contributed by atoms with Gasteiger partial charge in [0.2, 0.25) is 0 Å². The second-order valence-corrected chi connectivity index (χ2v) is 5.37. The molecular weight excluding hydrogens is 307 g/mol. The van der Waals surface area contributed by atoms with Crippen molar-refractivity contribution >= 4 is 15.9 Å². The van der Waals surface area contributed by atoms with Crippen LogP contribution in [0.3, 0.4) is 0 Å². The van der Waals surface area contributed by atoms with Gasteiger partial charge in [-0.2, -0.15) is 0 Å². The zero-order valence-electron chi connectivity index (χ0n) is 11.0. The van der Waals surface area contributed by atoms with Crippen LogP contribution < -0.4 is 5.32 Å². The summed E-state index contributed by atoms with van der Waals surface area (Å²) in [6.45, 7) is 2.05. The summed E-state index contributed by atoms with van der Waals surface area (Å²) in [7, 11) is 1.93. The number of aromatic nitrogens is 1. The lowest BCUT2D eigenvalue weighted by atomic mass is 9.97. The Bertz CT molecular complexity index is 572. The molecule has 2 aromatic rings. The first-order chi connectivity index (χ1) is 9.11. The summed E-state index contributed by atoms with van der Waals surface area (Å²) >= 11 is 3.42. The fraction of sp³-hybridized carbons (Fsp3) is 0.267. The van der Waals surface area contributed by atoms with Crippen LogP contribution in [0.4, 0.5) is 4.39 Å². The van der Waals surface area contributed by atoms with Crippen LogP contribution in [0.15, 0.2) is 41.1 Å². The third kappa shape index (κ3) is 3.39. The van der Waals surface area contributed by atoms with Crippen LogP contribution in [0, 0.1) is 12.7 Å². The number of hydrogen-bond donors (Lipinski definition) is 1. The van der Waals surface area contributed by atoms with Gasteiger partial charge in [-0.05, 0) is 55.3 Å². The number of halogens is 2. The number of hydrogen-bond acceptors (Lipinski definition) is 2. The molecule has 0 aliphatic carbocycles. The number of nitrogens with zero attached hydrogens (tertiary/aromatic N) is 1. The molecule has 1 N–H and O–H groups in total. The van der Waals surface area contributed by atoms with Crippen molar-refractivity contribution in [1.82, 2.24) is 10.3 Å². The van der Waals surface area contributed by atoms with Crippen LogP contribution in [0.2, 0.25) is 0 Å². The molecule has 100 valence electrons. The number of aryl methyl sites for hydroxylation is 1. The van der Waals surface area contributed by atoms with Crippen LogP contribution in [0.25, 0.3) is 0 Å². The van der Waals surface area contributed by atoms with E-state index in [-0.39, 0.29) is 11.9 Å². The Morgan fingerprint density at radius 1 is 1.37 bits per heavy atom. The lowest BCUT2D eigenvalue weighted by Gasteiger charge is -2.19. The van der Waals surface area contributed by atoms with Gasteiger partial charge in [0.15, 0.2) is 0 Å². The molecule has 1 atom stereocenters. The number of pyridine rings is 1. The fourth-order valence-corrected chi connectivity index (χ4v) is 2.66. The van der Waals surface area contributed by atoms with E-state index >= 15 is 0 Å². The lowest BCUT2D eigenvalue weighted by molar-refractivity contribution is 0.584. The smallest absolute Gasteiger partial charge is 0.124 e. The first-order valence-corrected chi connectivity index (χ1v) is 6.93. The second kappa shape index (κ2) is 6.26. The molecule has 0 aliphatic heterocycles. The molecule has 0 saturated heterocycles. The molecule has 1 aromatic carbocycles. The largest absolute Gasteiger partial charge is 0.313 e. The Balaban J connectivity index is 2.27. The van der Waals surface area contributed by atoms with Gasteiger partial charge in [0, 0.05) is 22.9 Å². The summed E-state index contributed by atoms with van der Waals surface area (Å²) in [6.07, 6.45) is 4.45. The molecule has 0 fully saturated rings. The van der Waals surface area contributed by atoms with Gasteiger partial charge in [0.05, 0.1) is 0 Å². The fourth-order valence-electron chi connectivity index (χ4n) is 2.15. The van der Waals surface area contributed by atoms with Crippen molar-refractivity contribution in [2.45, 2.75) is 19.4 Å². The molecule has 4 heteroatoms. The molecule has 0 amide bonds. The average molecular weight is 323 g/mol. The standard InChI is InChI=1S/C15H16BrFN2/c1-10-9-19-6-5-13(10)15(18-2)7-11-3-4-12(17)8-14(11)16/h3-6,8-9,15,18H,7H2,1-2H3. The highest BCUT2D eigenvalue weighted by Crippen LogP contribution is 2.25. The van der Waals surface area contributed by atoms with Crippen molar-refractivity contribution in [1.29, 1.82) is 0 Å². The van der Waals surface area contributed by atoms with Gasteiger partial charge >= 0.3 is 0 Å². The molecule has 1 heterocycles. The normalized spacial score (nSPS) is 12.4. The van der Waals surface area contributed by atoms with E-state index in [9.17, 15) is 4.39 Å². The summed E-state index contributed by atoms with van der Waals surface area (Å²) in [6, 6.07) is 7.02. The van der Waals surface area contributed by atoms with Gasteiger partial charge in [-0.25, -0.2) is 4.39 Å². The van der Waals surface area contributed by atoms with Crippen molar-refractivity contribution < 1.29 is 4.39 Å². The van der Waals surface area contributed by atoms with E-state index in [2.05, 4.69) is 26.2 Å². The van der Waals surface area contributed by atoms with Crippen LogP contribution >= 0.6 is 15.9 Å². The minimum Gasteiger partial charge on any atom is -0.313 e. The predicted molar refractivity (Wildman–Crippen MR) is 78.6 cm³/mol.